The van der Waals surface area contributed by atoms with Crippen LogP contribution in [0.2, 0.25) is 0 Å². The van der Waals surface area contributed by atoms with E-state index in [2.05, 4.69) is 0 Å². The number of hydrogen-bond donors (Lipinski definition) is 0. The van der Waals surface area contributed by atoms with Crippen molar-refractivity contribution in [3.63, 3.8) is 0 Å². The normalized spacial score (nSPS) is 17.5. The molecule has 88 valence electrons. The Morgan fingerprint density at radius 2 is 2.25 bits per heavy atom. The molecule has 0 bridgehead atoms. The minimum Gasteiger partial charge on any atom is -0.469 e. The Hall–Kier alpha value is -0.700. The van der Waals surface area contributed by atoms with Gasteiger partial charge in [-0.05, 0) is 42.4 Å². The highest BCUT2D eigenvalue weighted by Crippen LogP contribution is 2.25. The monoisotopic (exact) mass is 238 g/mol. The number of carbonyl (C=O) groups excluding carboxylic acids is 1. The summed E-state index contributed by atoms with van der Waals surface area (Å²) in [6, 6.07) is 3.81. The first-order chi connectivity index (χ1) is 7.84. The van der Waals surface area contributed by atoms with Gasteiger partial charge in [-0.15, -0.1) is 0 Å². The van der Waals surface area contributed by atoms with Gasteiger partial charge in [-0.2, -0.15) is 11.8 Å². The summed E-state index contributed by atoms with van der Waals surface area (Å²) in [5, 5.41) is 0. The first kappa shape index (κ1) is 11.8. The molecule has 0 saturated carbocycles. The lowest BCUT2D eigenvalue weighted by Gasteiger charge is -2.20. The van der Waals surface area contributed by atoms with E-state index < -0.39 is 0 Å². The molecule has 1 saturated heterocycles. The molecule has 1 aromatic heterocycles. The highest BCUT2D eigenvalue weighted by Gasteiger charge is 2.17. The Bertz CT molecular complexity index is 313. The average molecular weight is 238 g/mol. The van der Waals surface area contributed by atoms with Gasteiger partial charge in [0.2, 0.25) is 0 Å². The second-order valence-electron chi connectivity index (χ2n) is 4.38. The molecule has 0 amide bonds. The van der Waals surface area contributed by atoms with Crippen molar-refractivity contribution in [3.8, 4) is 0 Å². The molecule has 0 radical (unpaired) electrons. The van der Waals surface area contributed by atoms with Crippen LogP contribution in [0.25, 0.3) is 0 Å². The minimum atomic E-state index is 0.397. The van der Waals surface area contributed by atoms with Gasteiger partial charge < -0.3 is 4.42 Å². The Kier molecular flexibility index (Phi) is 4.52. The van der Waals surface area contributed by atoms with E-state index in [0.29, 0.717) is 18.1 Å². The van der Waals surface area contributed by atoms with Gasteiger partial charge in [0.25, 0.3) is 0 Å². The lowest BCUT2D eigenvalue weighted by atomic mass is 9.94. The zero-order valence-electron chi connectivity index (χ0n) is 9.48. The summed E-state index contributed by atoms with van der Waals surface area (Å²) in [7, 11) is 0. The predicted octanol–water partition coefficient (Wildman–Crippen LogP) is 3.31. The Morgan fingerprint density at radius 3 is 2.94 bits per heavy atom. The molecular formula is C13H18O2S. The van der Waals surface area contributed by atoms with Crippen molar-refractivity contribution in [2.75, 3.05) is 11.5 Å². The van der Waals surface area contributed by atoms with Gasteiger partial charge in [0.1, 0.15) is 11.5 Å². The van der Waals surface area contributed by atoms with E-state index >= 15 is 0 Å². The summed E-state index contributed by atoms with van der Waals surface area (Å²) in [6.45, 7) is 0. The van der Waals surface area contributed by atoms with Crippen LogP contribution in [0.4, 0.5) is 0 Å². The maximum atomic E-state index is 11.8. The lowest BCUT2D eigenvalue weighted by molar-refractivity contribution is -0.120. The van der Waals surface area contributed by atoms with Gasteiger partial charge in [-0.25, -0.2) is 0 Å². The van der Waals surface area contributed by atoms with Gasteiger partial charge in [-0.1, -0.05) is 0 Å². The molecule has 1 aromatic rings. The number of furan rings is 1. The van der Waals surface area contributed by atoms with Gasteiger partial charge >= 0.3 is 0 Å². The molecule has 0 unspecified atom stereocenters. The van der Waals surface area contributed by atoms with E-state index in [1.165, 1.54) is 24.3 Å². The van der Waals surface area contributed by atoms with Crippen LogP contribution in [0, 0.1) is 5.92 Å². The zero-order valence-corrected chi connectivity index (χ0v) is 10.3. The van der Waals surface area contributed by atoms with E-state index in [0.717, 1.165) is 18.6 Å². The fourth-order valence-corrected chi connectivity index (χ4v) is 3.30. The molecule has 1 aliphatic heterocycles. The van der Waals surface area contributed by atoms with Crippen LogP contribution in [0.3, 0.4) is 0 Å². The van der Waals surface area contributed by atoms with Crippen molar-refractivity contribution in [2.24, 2.45) is 5.92 Å². The molecule has 1 fully saturated rings. The largest absolute Gasteiger partial charge is 0.469 e. The van der Waals surface area contributed by atoms with Crippen LogP contribution in [-0.2, 0) is 11.2 Å². The molecule has 1 aliphatic rings. The third-order valence-electron chi connectivity index (χ3n) is 3.09. The highest BCUT2D eigenvalue weighted by molar-refractivity contribution is 7.99. The Morgan fingerprint density at radius 1 is 1.44 bits per heavy atom. The maximum absolute atomic E-state index is 11.8. The molecule has 16 heavy (non-hydrogen) atoms. The third-order valence-corrected chi connectivity index (χ3v) is 4.14. The summed E-state index contributed by atoms with van der Waals surface area (Å²) < 4.78 is 5.22. The summed E-state index contributed by atoms with van der Waals surface area (Å²) in [6.07, 6.45) is 6.28. The number of ketones is 1. The third kappa shape index (κ3) is 3.71. The van der Waals surface area contributed by atoms with Crippen LogP contribution < -0.4 is 0 Å². The van der Waals surface area contributed by atoms with Crippen LogP contribution in [-0.4, -0.2) is 17.3 Å². The molecule has 3 heteroatoms. The molecule has 2 nitrogen and oxygen atoms in total. The number of aryl methyl sites for hydroxylation is 1. The quantitative estimate of drug-likeness (QED) is 0.788. The van der Waals surface area contributed by atoms with E-state index in [1.54, 1.807) is 6.26 Å². The topological polar surface area (TPSA) is 30.2 Å². The summed E-state index contributed by atoms with van der Waals surface area (Å²) >= 11 is 2.01. The molecule has 0 aromatic carbocycles. The molecule has 2 rings (SSSR count). The number of thioether (sulfide) groups is 1. The van der Waals surface area contributed by atoms with Crippen LogP contribution in [0.1, 0.15) is 31.4 Å². The van der Waals surface area contributed by atoms with Crippen molar-refractivity contribution in [2.45, 2.75) is 32.1 Å². The molecular weight excluding hydrogens is 220 g/mol. The molecule has 0 N–H and O–H groups in total. The van der Waals surface area contributed by atoms with Crippen molar-refractivity contribution in [1.82, 2.24) is 0 Å². The smallest absolute Gasteiger partial charge is 0.133 e. The predicted molar refractivity (Wildman–Crippen MR) is 66.7 cm³/mol. The van der Waals surface area contributed by atoms with E-state index in [1.807, 2.05) is 23.9 Å². The maximum Gasteiger partial charge on any atom is 0.133 e. The molecule has 0 atom stereocenters. The SMILES string of the molecule is O=C(CCc1ccco1)CC1CCSCC1. The van der Waals surface area contributed by atoms with E-state index in [4.69, 9.17) is 4.42 Å². The first-order valence-electron chi connectivity index (χ1n) is 5.96. The number of carbonyl (C=O) groups is 1. The van der Waals surface area contributed by atoms with E-state index in [-0.39, 0.29) is 0 Å². The minimum absolute atomic E-state index is 0.397. The summed E-state index contributed by atoms with van der Waals surface area (Å²) in [5.41, 5.74) is 0. The fraction of sp³-hybridized carbons (Fsp3) is 0.615. The molecule has 0 aliphatic carbocycles. The second-order valence-corrected chi connectivity index (χ2v) is 5.60. The van der Waals surface area contributed by atoms with E-state index in [9.17, 15) is 4.79 Å². The summed E-state index contributed by atoms with van der Waals surface area (Å²) in [5.74, 6) is 4.43. The first-order valence-corrected chi connectivity index (χ1v) is 7.12. The Labute approximate surface area is 101 Å². The van der Waals surface area contributed by atoms with Gasteiger partial charge in [0, 0.05) is 19.3 Å². The Balaban J connectivity index is 1.67. The van der Waals surface area contributed by atoms with Gasteiger partial charge in [-0.3, -0.25) is 4.79 Å². The van der Waals surface area contributed by atoms with Crippen molar-refractivity contribution >= 4 is 17.5 Å². The van der Waals surface area contributed by atoms with Crippen LogP contribution in [0.15, 0.2) is 22.8 Å². The number of hydrogen-bond acceptors (Lipinski definition) is 3. The zero-order chi connectivity index (χ0) is 11.2. The average Bonchev–Trinajstić information content (AvgIpc) is 2.81. The van der Waals surface area contributed by atoms with Crippen LogP contribution in [0.5, 0.6) is 0 Å². The molecule has 0 spiro atoms. The number of rotatable bonds is 5. The van der Waals surface area contributed by atoms with Gasteiger partial charge in [0.15, 0.2) is 0 Å². The van der Waals surface area contributed by atoms with Crippen molar-refractivity contribution in [3.05, 3.63) is 24.2 Å². The summed E-state index contributed by atoms with van der Waals surface area (Å²) in [4.78, 5) is 11.8. The second kappa shape index (κ2) is 6.14. The fourth-order valence-electron chi connectivity index (χ4n) is 2.09. The highest BCUT2D eigenvalue weighted by atomic mass is 32.2. The van der Waals surface area contributed by atoms with Crippen molar-refractivity contribution in [1.29, 1.82) is 0 Å². The lowest BCUT2D eigenvalue weighted by Crippen LogP contribution is -2.14. The van der Waals surface area contributed by atoms with Crippen LogP contribution >= 0.6 is 11.8 Å². The number of Topliss-reactive ketones (excluding diaryl/α,β-unsaturated/α-hetero) is 1. The van der Waals surface area contributed by atoms with Gasteiger partial charge in [0.05, 0.1) is 6.26 Å². The van der Waals surface area contributed by atoms with Crippen molar-refractivity contribution < 1.29 is 9.21 Å². The molecule has 2 heterocycles. The standard InChI is InChI=1S/C13H18O2S/c14-12(3-4-13-2-1-7-15-13)10-11-5-8-16-9-6-11/h1-2,7,11H,3-6,8-10H2.